The van der Waals surface area contributed by atoms with Crippen LogP contribution in [0, 0.1) is 0 Å². The van der Waals surface area contributed by atoms with Gasteiger partial charge in [-0.2, -0.15) is 52.7 Å². The number of halogens is 12. The molecular weight excluding hydrogens is 588 g/mol. The highest BCUT2D eigenvalue weighted by molar-refractivity contribution is 5.55. The Morgan fingerprint density at radius 2 is 0.610 bits per heavy atom. The van der Waals surface area contributed by atoms with E-state index < -0.39 is 81.8 Å². The molecule has 3 aromatic carbocycles. The van der Waals surface area contributed by atoms with E-state index in [9.17, 15) is 39.5 Å². The van der Waals surface area contributed by atoms with Crippen molar-refractivity contribution in [2.75, 3.05) is 0 Å². The number of benzene rings is 3. The second-order valence-electron chi connectivity index (χ2n) is 7.73. The normalized spacial score (nSPS) is 11.4. The zero-order valence-corrected chi connectivity index (χ0v) is 19.7. The molecule has 0 saturated heterocycles. The minimum absolute atomic E-state index is 0.617. The van der Waals surface area contributed by atoms with E-state index >= 15 is 13.2 Å². The van der Waals surface area contributed by atoms with Crippen LogP contribution in [0.1, 0.15) is 16.7 Å². The van der Waals surface area contributed by atoms with Crippen molar-refractivity contribution >= 4 is 0 Å². The Labute approximate surface area is 222 Å². The van der Waals surface area contributed by atoms with E-state index in [1.54, 1.807) is 0 Å². The summed E-state index contributed by atoms with van der Waals surface area (Å²) in [5.41, 5.74) is -5.09. The average Bonchev–Trinajstić information content (AvgIpc) is 2.90. The Balaban J connectivity index is 2.22. The third-order valence-corrected chi connectivity index (χ3v) is 5.36. The van der Waals surface area contributed by atoms with Crippen molar-refractivity contribution in [3.63, 3.8) is 0 Å². The second-order valence-corrected chi connectivity index (χ2v) is 7.73. The highest BCUT2D eigenvalue weighted by atomic mass is 19.4. The van der Waals surface area contributed by atoms with Crippen molar-refractivity contribution in [1.82, 2.24) is 0 Å². The van der Waals surface area contributed by atoms with Gasteiger partial charge in [0, 0.05) is 0 Å². The predicted molar refractivity (Wildman–Crippen MR) is 118 cm³/mol. The van der Waals surface area contributed by atoms with Crippen LogP contribution in [0.15, 0.2) is 109 Å². The topological polar surface area (TPSA) is 27.7 Å². The molecule has 15 heteroatoms. The molecule has 0 unspecified atom stereocenters. The van der Waals surface area contributed by atoms with Gasteiger partial charge >= 0.3 is 42.5 Å². The summed E-state index contributed by atoms with van der Waals surface area (Å²) in [6, 6.07) is 2.04. The summed E-state index contributed by atoms with van der Waals surface area (Å²) >= 11 is 0. The molecule has 0 saturated carbocycles. The maximum Gasteiger partial charge on any atom is 0.406 e. The van der Waals surface area contributed by atoms with Gasteiger partial charge in [0.2, 0.25) is 0 Å². The zero-order chi connectivity index (χ0) is 30.5. The lowest BCUT2D eigenvalue weighted by atomic mass is 9.68. The average molecular weight is 600 g/mol. The largest absolute Gasteiger partial charge is 0.428 e. The van der Waals surface area contributed by atoms with Gasteiger partial charge in [-0.05, 0) is 53.1 Å². The predicted octanol–water partition coefficient (Wildman–Crippen LogP) is 9.82. The Kier molecular flexibility index (Phi) is 9.30. The smallest absolute Gasteiger partial charge is 0.406 e. The lowest BCUT2D eigenvalue weighted by Gasteiger charge is -2.37. The minimum atomic E-state index is -5.28. The van der Waals surface area contributed by atoms with E-state index in [4.69, 9.17) is 0 Å². The molecule has 0 atom stereocenters. The van der Waals surface area contributed by atoms with Gasteiger partial charge in [-0.1, -0.05) is 36.4 Å². The summed E-state index contributed by atoms with van der Waals surface area (Å²) in [5.74, 6) is -1.85. The molecule has 0 aliphatic rings. The maximum absolute atomic E-state index is 15.1. The molecular formula is C26H12F12O3. The number of ether oxygens (including phenoxy) is 3. The molecule has 41 heavy (non-hydrogen) atoms. The Morgan fingerprint density at radius 3 is 0.780 bits per heavy atom. The summed E-state index contributed by atoms with van der Waals surface area (Å²) in [4.78, 5) is 0. The summed E-state index contributed by atoms with van der Waals surface area (Å²) in [6.07, 6.45) is -13.8. The van der Waals surface area contributed by atoms with Gasteiger partial charge in [0.05, 0.1) is 0 Å². The Hall–Kier alpha value is -4.56. The first-order valence-electron chi connectivity index (χ1n) is 10.7. The molecule has 218 valence electrons. The highest BCUT2D eigenvalue weighted by Gasteiger charge is 2.58. The van der Waals surface area contributed by atoms with Crippen LogP contribution in [0.4, 0.5) is 52.7 Å². The van der Waals surface area contributed by atoms with Crippen molar-refractivity contribution in [1.29, 1.82) is 0 Å². The molecule has 3 rings (SSSR count). The molecule has 0 aliphatic heterocycles. The van der Waals surface area contributed by atoms with Crippen molar-refractivity contribution < 1.29 is 66.9 Å². The summed E-state index contributed by atoms with van der Waals surface area (Å²) in [6.45, 7) is 0. The van der Waals surface area contributed by atoms with E-state index in [1.807, 2.05) is 0 Å². The van der Waals surface area contributed by atoms with Crippen LogP contribution >= 0.6 is 0 Å². The first-order valence-corrected chi connectivity index (χ1v) is 10.7. The molecule has 0 amide bonds. The number of alkyl halides is 3. The zero-order valence-electron chi connectivity index (χ0n) is 19.7. The summed E-state index contributed by atoms with van der Waals surface area (Å²) in [7, 11) is 0. The van der Waals surface area contributed by atoms with Crippen LogP contribution in [0.25, 0.3) is 0 Å². The molecule has 0 radical (unpaired) electrons. The van der Waals surface area contributed by atoms with Crippen LogP contribution in [-0.2, 0) is 5.41 Å². The van der Waals surface area contributed by atoms with Gasteiger partial charge in [-0.15, -0.1) is 0 Å². The van der Waals surface area contributed by atoms with Crippen molar-refractivity contribution in [3.05, 3.63) is 126 Å². The van der Waals surface area contributed by atoms with Crippen molar-refractivity contribution in [2.45, 2.75) is 11.6 Å². The lowest BCUT2D eigenvalue weighted by molar-refractivity contribution is -0.166. The number of hydrogen-bond acceptors (Lipinski definition) is 3. The fourth-order valence-corrected chi connectivity index (χ4v) is 3.74. The van der Waals surface area contributed by atoms with Crippen LogP contribution < -0.4 is 14.2 Å². The molecule has 0 N–H and O–H groups in total. The van der Waals surface area contributed by atoms with Crippen molar-refractivity contribution in [3.8, 4) is 17.2 Å². The summed E-state index contributed by atoms with van der Waals surface area (Å²) < 4.78 is 172. The van der Waals surface area contributed by atoms with Gasteiger partial charge in [-0.3, -0.25) is 0 Å². The Bertz CT molecular complexity index is 1280. The van der Waals surface area contributed by atoms with Crippen LogP contribution in [0.3, 0.4) is 0 Å². The van der Waals surface area contributed by atoms with Crippen LogP contribution in [0.5, 0.6) is 17.2 Å². The SMILES string of the molecule is FC(F)=C(F)Oc1ccc(C(c2ccc(OC(F)=C(F)F)cc2)(c2ccc(OC(F)=C(F)F)cc2)C(F)(F)F)cc1. The van der Waals surface area contributed by atoms with E-state index in [-0.39, 0.29) is 0 Å². The maximum atomic E-state index is 15.1. The van der Waals surface area contributed by atoms with Crippen molar-refractivity contribution in [2.24, 2.45) is 0 Å². The molecule has 0 heterocycles. The van der Waals surface area contributed by atoms with Gasteiger partial charge < -0.3 is 14.2 Å². The van der Waals surface area contributed by atoms with E-state index in [0.717, 1.165) is 72.8 Å². The minimum Gasteiger partial charge on any atom is -0.428 e. The molecule has 0 aromatic heterocycles. The standard InChI is InChI=1S/C26H12F12O3/c27-19(28)22(33)39-16-7-1-13(2-8-16)25(26(36,37)38,14-3-9-17(10-4-14)40-23(34)20(29)30)15-5-11-18(12-6-15)41-24(35)21(31)32/h1-12H. The molecule has 3 aromatic rings. The number of rotatable bonds is 9. The van der Waals surface area contributed by atoms with Gasteiger partial charge in [0.25, 0.3) is 0 Å². The van der Waals surface area contributed by atoms with Gasteiger partial charge in [0.1, 0.15) is 22.7 Å². The van der Waals surface area contributed by atoms with Gasteiger partial charge in [0.15, 0.2) is 0 Å². The monoisotopic (exact) mass is 600 g/mol. The molecule has 0 aliphatic carbocycles. The van der Waals surface area contributed by atoms with E-state index in [0.29, 0.717) is 0 Å². The van der Waals surface area contributed by atoms with E-state index in [1.165, 1.54) is 0 Å². The van der Waals surface area contributed by atoms with Crippen LogP contribution in [-0.4, -0.2) is 6.18 Å². The first-order chi connectivity index (χ1) is 19.2. The number of hydrogen-bond donors (Lipinski definition) is 0. The molecule has 0 bridgehead atoms. The highest BCUT2D eigenvalue weighted by Crippen LogP contribution is 2.52. The quantitative estimate of drug-likeness (QED) is 0.139. The third-order valence-electron chi connectivity index (χ3n) is 5.36. The molecule has 0 fully saturated rings. The van der Waals surface area contributed by atoms with Gasteiger partial charge in [-0.25, -0.2) is 0 Å². The summed E-state index contributed by atoms with van der Waals surface area (Å²) in [5, 5.41) is 0. The fourth-order valence-electron chi connectivity index (χ4n) is 3.74. The lowest BCUT2D eigenvalue weighted by Crippen LogP contribution is -2.44. The Morgan fingerprint density at radius 1 is 0.390 bits per heavy atom. The fraction of sp³-hybridized carbons (Fsp3) is 0.0769. The third kappa shape index (κ3) is 6.78. The van der Waals surface area contributed by atoms with E-state index in [2.05, 4.69) is 14.2 Å². The first kappa shape index (κ1) is 31.0. The van der Waals surface area contributed by atoms with Crippen LogP contribution in [0.2, 0.25) is 0 Å². The molecule has 3 nitrogen and oxygen atoms in total. The molecule has 0 spiro atoms. The second kappa shape index (κ2) is 12.3.